The van der Waals surface area contributed by atoms with Crippen molar-refractivity contribution < 1.29 is 4.79 Å². The van der Waals surface area contributed by atoms with Gasteiger partial charge in [-0.15, -0.1) is 0 Å². The van der Waals surface area contributed by atoms with Gasteiger partial charge < -0.3 is 9.80 Å². The zero-order valence-corrected chi connectivity index (χ0v) is 16.4. The molecule has 1 unspecified atom stereocenters. The van der Waals surface area contributed by atoms with Gasteiger partial charge in [0.05, 0.1) is 12.2 Å². The molecule has 1 saturated heterocycles. The van der Waals surface area contributed by atoms with Gasteiger partial charge in [-0.05, 0) is 37.5 Å². The summed E-state index contributed by atoms with van der Waals surface area (Å²) in [6.07, 6.45) is 6.73. The average Bonchev–Trinajstić information content (AvgIpc) is 2.67. The molecular formula is C19H22Cl2N4O. The smallest absolute Gasteiger partial charge is 0.226 e. The molecule has 2 heterocycles. The zero-order valence-electron chi connectivity index (χ0n) is 14.9. The molecule has 0 radical (unpaired) electrons. The molecule has 7 heteroatoms. The molecule has 138 valence electrons. The Bertz CT molecular complexity index is 763. The number of nitrogens with zero attached hydrogens (tertiary/aromatic N) is 4. The summed E-state index contributed by atoms with van der Waals surface area (Å²) in [7, 11) is 1.84. The van der Waals surface area contributed by atoms with E-state index in [1.807, 2.05) is 20.0 Å². The van der Waals surface area contributed by atoms with Crippen molar-refractivity contribution in [3.05, 3.63) is 52.4 Å². The Balaban J connectivity index is 1.62. The van der Waals surface area contributed by atoms with E-state index in [0.29, 0.717) is 10.0 Å². The first kappa shape index (κ1) is 18.9. The Labute approximate surface area is 163 Å². The standard InChI is InChI=1S/C19H22Cl2N4O/c1-13(16-4-3-15(20)11-17(16)21)24(2)19(26)14-5-9-25(10-6-14)18-12-22-7-8-23-18/h3-4,7-8,11-14H,5-6,9-10H2,1-2H3. The maximum atomic E-state index is 12.9. The van der Waals surface area contributed by atoms with Gasteiger partial charge in [-0.25, -0.2) is 4.98 Å². The van der Waals surface area contributed by atoms with Crippen LogP contribution in [0.4, 0.5) is 5.82 Å². The van der Waals surface area contributed by atoms with Crippen molar-refractivity contribution in [2.45, 2.75) is 25.8 Å². The lowest BCUT2D eigenvalue weighted by Gasteiger charge is -2.35. The minimum atomic E-state index is -0.106. The number of halogens is 2. The van der Waals surface area contributed by atoms with E-state index >= 15 is 0 Å². The number of carbonyl (C=O) groups excluding carboxylic acids is 1. The van der Waals surface area contributed by atoms with Crippen LogP contribution in [-0.4, -0.2) is 40.9 Å². The Morgan fingerprint density at radius 1 is 1.27 bits per heavy atom. The van der Waals surface area contributed by atoms with Gasteiger partial charge in [-0.2, -0.15) is 0 Å². The molecule has 0 aliphatic carbocycles. The molecule has 1 aromatic carbocycles. The number of amides is 1. The quantitative estimate of drug-likeness (QED) is 0.781. The first-order valence-electron chi connectivity index (χ1n) is 8.70. The molecule has 0 N–H and O–H groups in total. The van der Waals surface area contributed by atoms with Crippen molar-refractivity contribution in [2.75, 3.05) is 25.0 Å². The molecule has 1 aliphatic heterocycles. The highest BCUT2D eigenvalue weighted by molar-refractivity contribution is 6.35. The topological polar surface area (TPSA) is 49.3 Å². The molecule has 26 heavy (non-hydrogen) atoms. The van der Waals surface area contributed by atoms with Crippen molar-refractivity contribution in [1.82, 2.24) is 14.9 Å². The average molecular weight is 393 g/mol. The second-order valence-electron chi connectivity index (χ2n) is 6.62. The predicted octanol–water partition coefficient (Wildman–Crippen LogP) is 4.22. The van der Waals surface area contributed by atoms with E-state index in [2.05, 4.69) is 14.9 Å². The third kappa shape index (κ3) is 4.10. The number of carbonyl (C=O) groups is 1. The van der Waals surface area contributed by atoms with Gasteiger partial charge >= 0.3 is 0 Å². The second-order valence-corrected chi connectivity index (χ2v) is 7.46. The molecule has 1 aromatic heterocycles. The van der Waals surface area contributed by atoms with Gasteiger partial charge in [0.1, 0.15) is 5.82 Å². The van der Waals surface area contributed by atoms with E-state index in [0.717, 1.165) is 37.3 Å². The van der Waals surface area contributed by atoms with Gasteiger partial charge in [0.25, 0.3) is 0 Å². The molecule has 0 bridgehead atoms. The Kier molecular flexibility index (Phi) is 5.99. The van der Waals surface area contributed by atoms with Crippen molar-refractivity contribution in [1.29, 1.82) is 0 Å². The number of benzene rings is 1. The third-order valence-corrected chi connectivity index (χ3v) is 5.62. The minimum absolute atomic E-state index is 0.0152. The van der Waals surface area contributed by atoms with Gasteiger partial charge in [-0.3, -0.25) is 9.78 Å². The maximum Gasteiger partial charge on any atom is 0.226 e. The van der Waals surface area contributed by atoms with Gasteiger partial charge in [0.15, 0.2) is 0 Å². The summed E-state index contributed by atoms with van der Waals surface area (Å²) in [6.45, 7) is 3.60. The van der Waals surface area contributed by atoms with Crippen molar-refractivity contribution in [2.24, 2.45) is 5.92 Å². The van der Waals surface area contributed by atoms with Crippen molar-refractivity contribution >= 4 is 34.9 Å². The highest BCUT2D eigenvalue weighted by atomic mass is 35.5. The summed E-state index contributed by atoms with van der Waals surface area (Å²) in [5.41, 5.74) is 0.906. The number of piperidine rings is 1. The summed E-state index contributed by atoms with van der Waals surface area (Å²) >= 11 is 12.3. The fourth-order valence-electron chi connectivity index (χ4n) is 3.34. The monoisotopic (exact) mass is 392 g/mol. The van der Waals surface area contributed by atoms with Crippen LogP contribution in [-0.2, 0) is 4.79 Å². The molecular weight excluding hydrogens is 371 g/mol. The predicted molar refractivity (Wildman–Crippen MR) is 105 cm³/mol. The summed E-state index contributed by atoms with van der Waals surface area (Å²) in [4.78, 5) is 25.4. The number of aromatic nitrogens is 2. The highest BCUT2D eigenvalue weighted by Crippen LogP contribution is 2.31. The molecule has 2 aromatic rings. The summed E-state index contributed by atoms with van der Waals surface area (Å²) in [6, 6.07) is 5.30. The van der Waals surface area contributed by atoms with Gasteiger partial charge in [-0.1, -0.05) is 29.3 Å². The Morgan fingerprint density at radius 2 is 2.00 bits per heavy atom. The van der Waals surface area contributed by atoms with Crippen LogP contribution in [0.5, 0.6) is 0 Å². The van der Waals surface area contributed by atoms with Gasteiger partial charge in [0, 0.05) is 48.5 Å². The van der Waals surface area contributed by atoms with Crippen LogP contribution in [0.15, 0.2) is 36.8 Å². The maximum absolute atomic E-state index is 12.9. The zero-order chi connectivity index (χ0) is 18.7. The third-order valence-electron chi connectivity index (χ3n) is 5.06. The molecule has 1 fully saturated rings. The summed E-state index contributed by atoms with van der Waals surface area (Å²) in [5, 5.41) is 1.18. The van der Waals surface area contributed by atoms with Gasteiger partial charge in [0.2, 0.25) is 5.91 Å². The number of rotatable bonds is 4. The summed E-state index contributed by atoms with van der Waals surface area (Å²) < 4.78 is 0. The molecule has 5 nitrogen and oxygen atoms in total. The van der Waals surface area contributed by atoms with Crippen LogP contribution < -0.4 is 4.90 Å². The van der Waals surface area contributed by atoms with E-state index < -0.39 is 0 Å². The van der Waals surface area contributed by atoms with Crippen molar-refractivity contribution in [3.63, 3.8) is 0 Å². The van der Waals surface area contributed by atoms with Crippen LogP contribution in [0.2, 0.25) is 10.0 Å². The number of hydrogen-bond donors (Lipinski definition) is 0. The minimum Gasteiger partial charge on any atom is -0.355 e. The lowest BCUT2D eigenvalue weighted by atomic mass is 9.94. The lowest BCUT2D eigenvalue weighted by Crippen LogP contribution is -2.42. The second kappa shape index (κ2) is 8.23. The SMILES string of the molecule is CC(c1ccc(Cl)cc1Cl)N(C)C(=O)C1CCN(c2cnccn2)CC1. The van der Waals surface area contributed by atoms with Crippen LogP contribution in [0, 0.1) is 5.92 Å². The van der Waals surface area contributed by atoms with Crippen LogP contribution >= 0.6 is 23.2 Å². The Hall–Kier alpha value is -1.85. The largest absolute Gasteiger partial charge is 0.355 e. The van der Waals surface area contributed by atoms with E-state index in [1.54, 1.807) is 35.6 Å². The normalized spacial score (nSPS) is 16.4. The molecule has 1 amide bonds. The lowest BCUT2D eigenvalue weighted by molar-refractivity contribution is -0.136. The fourth-order valence-corrected chi connectivity index (χ4v) is 3.90. The molecule has 0 spiro atoms. The van der Waals surface area contributed by atoms with E-state index in [4.69, 9.17) is 23.2 Å². The highest BCUT2D eigenvalue weighted by Gasteiger charge is 2.30. The fraction of sp³-hybridized carbons (Fsp3) is 0.421. The van der Waals surface area contributed by atoms with E-state index in [1.165, 1.54) is 0 Å². The summed E-state index contributed by atoms with van der Waals surface area (Å²) in [5.74, 6) is 1.04. The molecule has 1 aliphatic rings. The number of hydrogen-bond acceptors (Lipinski definition) is 4. The van der Waals surface area contributed by atoms with E-state index in [-0.39, 0.29) is 17.9 Å². The van der Waals surface area contributed by atoms with Crippen LogP contribution in [0.25, 0.3) is 0 Å². The van der Waals surface area contributed by atoms with Crippen LogP contribution in [0.3, 0.4) is 0 Å². The Morgan fingerprint density at radius 3 is 2.62 bits per heavy atom. The molecule has 1 atom stereocenters. The first-order valence-corrected chi connectivity index (χ1v) is 9.45. The molecule has 0 saturated carbocycles. The number of anilines is 1. The van der Waals surface area contributed by atoms with E-state index in [9.17, 15) is 4.79 Å². The van der Waals surface area contributed by atoms with Crippen LogP contribution in [0.1, 0.15) is 31.4 Å². The first-order chi connectivity index (χ1) is 12.5. The van der Waals surface area contributed by atoms with Crippen molar-refractivity contribution in [3.8, 4) is 0 Å². The molecule has 3 rings (SSSR count).